The van der Waals surface area contributed by atoms with Crippen molar-refractivity contribution in [1.29, 1.82) is 0 Å². The van der Waals surface area contributed by atoms with Crippen LogP contribution >= 0.6 is 0 Å². The molecule has 2 rings (SSSR count). The van der Waals surface area contributed by atoms with E-state index in [1.807, 2.05) is 0 Å². The molecule has 13 heteroatoms. The summed E-state index contributed by atoms with van der Waals surface area (Å²) < 4.78 is 64.1. The van der Waals surface area contributed by atoms with Gasteiger partial charge in [-0.25, -0.2) is 12.7 Å². The lowest BCUT2D eigenvalue weighted by atomic mass is 10.1. The quantitative estimate of drug-likeness (QED) is 0.426. The molecule has 0 radical (unpaired) electrons. The van der Waals surface area contributed by atoms with Crippen molar-refractivity contribution in [3.63, 3.8) is 0 Å². The molecule has 0 bridgehead atoms. The van der Waals surface area contributed by atoms with Gasteiger partial charge in [0, 0.05) is 39.7 Å². The summed E-state index contributed by atoms with van der Waals surface area (Å²) in [7, 11) is -0.938. The molecule has 0 atom stereocenters. The third-order valence-corrected chi connectivity index (χ3v) is 6.31. The number of carbonyl (C=O) groups excluding carboxylic acids is 1. The molecule has 32 heavy (non-hydrogen) atoms. The van der Waals surface area contributed by atoms with E-state index in [2.05, 4.69) is 10.6 Å². The van der Waals surface area contributed by atoms with Crippen LogP contribution in [0.15, 0.2) is 47.4 Å². The lowest BCUT2D eigenvalue weighted by molar-refractivity contribution is -0.384. The van der Waals surface area contributed by atoms with E-state index in [1.54, 1.807) is 18.2 Å². The minimum atomic E-state index is -4.72. The molecule has 0 aliphatic heterocycles. The van der Waals surface area contributed by atoms with E-state index in [4.69, 9.17) is 0 Å². The van der Waals surface area contributed by atoms with Gasteiger partial charge >= 0.3 is 6.18 Å². The average Bonchev–Trinajstić information content (AvgIpc) is 2.71. The van der Waals surface area contributed by atoms with E-state index in [9.17, 15) is 36.5 Å². The van der Waals surface area contributed by atoms with E-state index in [1.165, 1.54) is 20.2 Å². The maximum Gasteiger partial charge on any atom is 0.416 e. The van der Waals surface area contributed by atoms with Gasteiger partial charge in [0.1, 0.15) is 5.69 Å². The highest BCUT2D eigenvalue weighted by Crippen LogP contribution is 2.34. The number of halogens is 3. The van der Waals surface area contributed by atoms with Crippen molar-refractivity contribution in [2.24, 2.45) is 0 Å². The third-order valence-electron chi connectivity index (χ3n) is 4.40. The van der Waals surface area contributed by atoms with Crippen LogP contribution in [0, 0.1) is 10.1 Å². The Bertz CT molecular complexity index is 1100. The second-order valence-electron chi connectivity index (χ2n) is 6.84. The first-order valence-corrected chi connectivity index (χ1v) is 10.6. The monoisotopic (exact) mass is 474 g/mol. The van der Waals surface area contributed by atoms with E-state index in [0.717, 1.165) is 10.4 Å². The summed E-state index contributed by atoms with van der Waals surface area (Å²) in [4.78, 5) is 22.3. The number of hydrogen-bond donors (Lipinski definition) is 2. The molecule has 0 unspecified atom stereocenters. The highest BCUT2D eigenvalue weighted by Gasteiger charge is 2.33. The van der Waals surface area contributed by atoms with Crippen LogP contribution in [0.25, 0.3) is 0 Å². The van der Waals surface area contributed by atoms with Crippen molar-refractivity contribution in [2.45, 2.75) is 24.0 Å². The Labute approximate surface area is 182 Å². The summed E-state index contributed by atoms with van der Waals surface area (Å²) in [6.07, 6.45) is -4.87. The van der Waals surface area contributed by atoms with Crippen molar-refractivity contribution < 1.29 is 31.3 Å². The van der Waals surface area contributed by atoms with Gasteiger partial charge in [-0.3, -0.25) is 14.9 Å². The Morgan fingerprint density at radius 1 is 1.16 bits per heavy atom. The summed E-state index contributed by atoms with van der Waals surface area (Å²) >= 11 is 0. The Morgan fingerprint density at radius 2 is 1.81 bits per heavy atom. The van der Waals surface area contributed by atoms with Crippen molar-refractivity contribution >= 4 is 27.3 Å². The van der Waals surface area contributed by atoms with Crippen LogP contribution < -0.4 is 10.6 Å². The van der Waals surface area contributed by atoms with E-state index < -0.39 is 38.3 Å². The van der Waals surface area contributed by atoms with E-state index >= 15 is 0 Å². The first kappa shape index (κ1) is 25.1. The average molecular weight is 474 g/mol. The van der Waals surface area contributed by atoms with Crippen LogP contribution in [0.3, 0.4) is 0 Å². The maximum atomic E-state index is 12.8. The highest BCUT2D eigenvalue weighted by atomic mass is 32.2. The molecule has 0 fully saturated rings. The number of hydrogen-bond acceptors (Lipinski definition) is 6. The molecular formula is C19H21F3N4O5S. The fourth-order valence-corrected chi connectivity index (χ4v) is 3.82. The molecule has 174 valence electrons. The molecule has 0 spiro atoms. The van der Waals surface area contributed by atoms with Crippen LogP contribution in [-0.2, 0) is 27.5 Å². The number of carbonyl (C=O) groups is 1. The Hall–Kier alpha value is -3.19. The van der Waals surface area contributed by atoms with Gasteiger partial charge in [-0.2, -0.15) is 13.2 Å². The number of anilines is 1. The first-order chi connectivity index (χ1) is 14.8. The molecule has 0 saturated heterocycles. The number of nitro groups is 1. The van der Waals surface area contributed by atoms with Crippen LogP contribution in [0.2, 0.25) is 0 Å². The molecule has 1 amide bonds. The Kier molecular flexibility index (Phi) is 7.80. The number of amides is 1. The summed E-state index contributed by atoms with van der Waals surface area (Å²) in [5.41, 5.74) is -1.69. The zero-order chi connectivity index (χ0) is 24.1. The standard InChI is InChI=1S/C19H21F3N4O5S/c1-25(2)32(30,31)17-6-4-3-5-13(17)12-24-18(27)9-10-23-15-8-7-14(19(20,21)22)11-16(15)26(28)29/h3-8,11,23H,9-10,12H2,1-2H3,(H,24,27). The normalized spacial score (nSPS) is 11.9. The molecule has 9 nitrogen and oxygen atoms in total. The largest absolute Gasteiger partial charge is 0.416 e. The maximum absolute atomic E-state index is 12.8. The predicted octanol–water partition coefficient (Wildman–Crippen LogP) is 2.98. The first-order valence-electron chi connectivity index (χ1n) is 9.20. The molecular weight excluding hydrogens is 453 g/mol. The lowest BCUT2D eigenvalue weighted by Crippen LogP contribution is -2.28. The van der Waals surface area contributed by atoms with Gasteiger partial charge in [0.25, 0.3) is 5.69 Å². The molecule has 0 aliphatic carbocycles. The summed E-state index contributed by atoms with van der Waals surface area (Å²) in [5, 5.41) is 16.2. The van der Waals surface area contributed by atoms with Gasteiger partial charge in [-0.1, -0.05) is 18.2 Å². The molecule has 2 aromatic rings. The molecule has 0 saturated carbocycles. The molecule has 2 N–H and O–H groups in total. The number of alkyl halides is 3. The number of benzene rings is 2. The summed E-state index contributed by atoms with van der Waals surface area (Å²) in [6, 6.07) is 8.22. The van der Waals surface area contributed by atoms with Crippen LogP contribution in [-0.4, -0.2) is 44.2 Å². The SMILES string of the molecule is CN(C)S(=O)(=O)c1ccccc1CNC(=O)CCNc1ccc(C(F)(F)F)cc1[N+](=O)[O-]. The zero-order valence-corrected chi connectivity index (χ0v) is 18.0. The minimum Gasteiger partial charge on any atom is -0.379 e. The smallest absolute Gasteiger partial charge is 0.379 e. The summed E-state index contributed by atoms with van der Waals surface area (Å²) in [6.45, 7) is -0.155. The number of sulfonamides is 1. The molecule has 0 heterocycles. The van der Waals surface area contributed by atoms with Gasteiger partial charge in [0.05, 0.1) is 15.4 Å². The minimum absolute atomic E-state index is 0.0452. The van der Waals surface area contributed by atoms with Crippen LogP contribution in [0.4, 0.5) is 24.5 Å². The van der Waals surface area contributed by atoms with E-state index in [0.29, 0.717) is 17.7 Å². The lowest BCUT2D eigenvalue weighted by Gasteiger charge is -2.15. The van der Waals surface area contributed by atoms with Gasteiger partial charge < -0.3 is 10.6 Å². The van der Waals surface area contributed by atoms with Gasteiger partial charge in [0.2, 0.25) is 15.9 Å². The topological polar surface area (TPSA) is 122 Å². The second kappa shape index (κ2) is 9.96. The van der Waals surface area contributed by atoms with Crippen molar-refractivity contribution in [3.05, 3.63) is 63.7 Å². The number of rotatable bonds is 9. The van der Waals surface area contributed by atoms with Crippen LogP contribution in [0.1, 0.15) is 17.5 Å². The fraction of sp³-hybridized carbons (Fsp3) is 0.316. The molecule has 0 aliphatic rings. The highest BCUT2D eigenvalue weighted by molar-refractivity contribution is 7.89. The Balaban J connectivity index is 1.99. The molecule has 0 aromatic heterocycles. The second-order valence-corrected chi connectivity index (χ2v) is 8.96. The number of nitrogens with zero attached hydrogens (tertiary/aromatic N) is 2. The van der Waals surface area contributed by atoms with Crippen molar-refractivity contribution in [1.82, 2.24) is 9.62 Å². The molecule has 2 aromatic carbocycles. The predicted molar refractivity (Wildman–Crippen MR) is 110 cm³/mol. The Morgan fingerprint density at radius 3 is 2.41 bits per heavy atom. The van der Waals surface area contributed by atoms with Crippen LogP contribution in [0.5, 0.6) is 0 Å². The van der Waals surface area contributed by atoms with Gasteiger partial charge in [-0.05, 0) is 23.8 Å². The summed E-state index contributed by atoms with van der Waals surface area (Å²) in [5.74, 6) is -0.482. The number of nitro benzene ring substituents is 1. The third kappa shape index (κ3) is 6.17. The van der Waals surface area contributed by atoms with Crippen molar-refractivity contribution in [3.8, 4) is 0 Å². The fourth-order valence-electron chi connectivity index (χ4n) is 2.70. The van der Waals surface area contributed by atoms with Crippen molar-refractivity contribution in [2.75, 3.05) is 26.0 Å². The van der Waals surface area contributed by atoms with E-state index in [-0.39, 0.29) is 30.1 Å². The van der Waals surface area contributed by atoms with Gasteiger partial charge in [-0.15, -0.1) is 0 Å². The van der Waals surface area contributed by atoms with Gasteiger partial charge in [0.15, 0.2) is 0 Å². The zero-order valence-electron chi connectivity index (χ0n) is 17.1. The number of nitrogens with one attached hydrogen (secondary N) is 2.